The van der Waals surface area contributed by atoms with Crippen molar-refractivity contribution in [3.8, 4) is 0 Å². The molecule has 0 bridgehead atoms. The van der Waals surface area contributed by atoms with E-state index in [-0.39, 0.29) is 5.91 Å². The highest BCUT2D eigenvalue weighted by Gasteiger charge is 2.03. The second kappa shape index (κ2) is 7.19. The molecule has 17 heavy (non-hydrogen) atoms. The van der Waals surface area contributed by atoms with Crippen LogP contribution in [-0.2, 0) is 15.9 Å². The number of hydrogen-bond donors (Lipinski definition) is 2. The Morgan fingerprint density at radius 1 is 1.29 bits per heavy atom. The van der Waals surface area contributed by atoms with Crippen LogP contribution in [0.3, 0.4) is 0 Å². The fraction of sp³-hybridized carbons (Fsp3) is 0.417. The maximum absolute atomic E-state index is 11.5. The maximum Gasteiger partial charge on any atom is 0.224 e. The van der Waals surface area contributed by atoms with Gasteiger partial charge in [0, 0.05) is 12.1 Å². The van der Waals surface area contributed by atoms with Crippen molar-refractivity contribution >= 4 is 22.7 Å². The van der Waals surface area contributed by atoms with E-state index in [0.29, 0.717) is 17.0 Å². The summed E-state index contributed by atoms with van der Waals surface area (Å²) in [5.74, 6) is -0.0173. The normalized spacial score (nSPS) is 12.1. The van der Waals surface area contributed by atoms with Crippen LogP contribution in [0.5, 0.6) is 0 Å². The van der Waals surface area contributed by atoms with E-state index in [9.17, 15) is 9.00 Å². The Labute approximate surface area is 104 Å². The molecule has 4 nitrogen and oxygen atoms in total. The van der Waals surface area contributed by atoms with Crippen LogP contribution in [-0.4, -0.2) is 14.7 Å². The monoisotopic (exact) mass is 255 g/mol. The van der Waals surface area contributed by atoms with Gasteiger partial charge in [-0.05, 0) is 30.7 Å². The summed E-state index contributed by atoms with van der Waals surface area (Å²) in [6, 6.07) is 6.30. The fourth-order valence-electron chi connectivity index (χ4n) is 1.41. The van der Waals surface area contributed by atoms with Gasteiger partial charge < -0.3 is 9.87 Å². The summed E-state index contributed by atoms with van der Waals surface area (Å²) in [7, 11) is 0. The lowest BCUT2D eigenvalue weighted by Crippen LogP contribution is -2.10. The Balaban J connectivity index is 2.46. The molecule has 94 valence electrons. The smallest absolute Gasteiger partial charge is 0.224 e. The zero-order valence-electron chi connectivity index (χ0n) is 9.81. The molecule has 0 saturated carbocycles. The molecule has 2 N–H and O–H groups in total. The standard InChI is InChI=1S/C12H17NO3S/c1-2-3-4-5-12(14)13-10-6-8-11(9-7-10)17(15)16/h6-9H,2-5H2,1H3,(H,13,14)(H,15,16). The van der Waals surface area contributed by atoms with Gasteiger partial charge >= 0.3 is 0 Å². The molecule has 0 spiro atoms. The molecular formula is C12H17NO3S. The second-order valence-electron chi connectivity index (χ2n) is 3.78. The van der Waals surface area contributed by atoms with Crippen molar-refractivity contribution in [3.05, 3.63) is 24.3 Å². The van der Waals surface area contributed by atoms with E-state index in [4.69, 9.17) is 4.55 Å². The predicted molar refractivity (Wildman–Crippen MR) is 68.3 cm³/mol. The molecular weight excluding hydrogens is 238 g/mol. The molecule has 0 aliphatic carbocycles. The van der Waals surface area contributed by atoms with E-state index < -0.39 is 11.1 Å². The number of hydrogen-bond acceptors (Lipinski definition) is 2. The summed E-state index contributed by atoms with van der Waals surface area (Å²) in [6.45, 7) is 2.09. The minimum atomic E-state index is -1.97. The number of unbranched alkanes of at least 4 members (excludes halogenated alkanes) is 2. The highest BCUT2D eigenvalue weighted by atomic mass is 32.2. The van der Waals surface area contributed by atoms with Crippen LogP contribution in [0.4, 0.5) is 5.69 Å². The number of amides is 1. The number of carbonyl (C=O) groups excluding carboxylic acids is 1. The first kappa shape index (κ1) is 13.9. The lowest BCUT2D eigenvalue weighted by Gasteiger charge is -2.05. The highest BCUT2D eigenvalue weighted by Crippen LogP contribution is 2.12. The van der Waals surface area contributed by atoms with Crippen molar-refractivity contribution in [1.82, 2.24) is 0 Å². The Morgan fingerprint density at radius 3 is 2.47 bits per heavy atom. The molecule has 0 heterocycles. The van der Waals surface area contributed by atoms with Crippen molar-refractivity contribution in [2.75, 3.05) is 5.32 Å². The van der Waals surface area contributed by atoms with E-state index in [1.54, 1.807) is 12.1 Å². The molecule has 1 aromatic rings. The molecule has 5 heteroatoms. The summed E-state index contributed by atoms with van der Waals surface area (Å²) >= 11 is -1.97. The molecule has 1 aromatic carbocycles. The molecule has 0 aliphatic heterocycles. The molecule has 0 aromatic heterocycles. The van der Waals surface area contributed by atoms with Gasteiger partial charge in [0.2, 0.25) is 5.91 Å². The van der Waals surface area contributed by atoms with E-state index >= 15 is 0 Å². The Morgan fingerprint density at radius 2 is 1.94 bits per heavy atom. The fourth-order valence-corrected chi connectivity index (χ4v) is 1.78. The summed E-state index contributed by atoms with van der Waals surface area (Å²) in [4.78, 5) is 11.8. The van der Waals surface area contributed by atoms with Crippen LogP contribution >= 0.6 is 0 Å². The minimum absolute atomic E-state index is 0.0173. The second-order valence-corrected chi connectivity index (χ2v) is 4.75. The minimum Gasteiger partial charge on any atom is -0.326 e. The molecule has 0 radical (unpaired) electrons. The summed E-state index contributed by atoms with van der Waals surface area (Å²) in [5.41, 5.74) is 0.653. The van der Waals surface area contributed by atoms with Crippen molar-refractivity contribution < 1.29 is 13.6 Å². The third kappa shape index (κ3) is 5.10. The summed E-state index contributed by atoms with van der Waals surface area (Å²) in [6.07, 6.45) is 3.54. The number of rotatable bonds is 6. The van der Waals surface area contributed by atoms with Gasteiger partial charge in [0.15, 0.2) is 11.1 Å². The van der Waals surface area contributed by atoms with Crippen LogP contribution in [0.1, 0.15) is 32.6 Å². The van der Waals surface area contributed by atoms with E-state index in [1.807, 2.05) is 0 Å². The Bertz CT molecular complexity index is 389. The van der Waals surface area contributed by atoms with Crippen molar-refractivity contribution in [2.45, 2.75) is 37.5 Å². The van der Waals surface area contributed by atoms with Crippen molar-refractivity contribution in [3.63, 3.8) is 0 Å². The first-order valence-electron chi connectivity index (χ1n) is 5.64. The quantitative estimate of drug-likeness (QED) is 0.606. The number of benzene rings is 1. The average Bonchev–Trinajstić information content (AvgIpc) is 2.30. The summed E-state index contributed by atoms with van der Waals surface area (Å²) < 4.78 is 19.6. The van der Waals surface area contributed by atoms with Crippen molar-refractivity contribution in [1.29, 1.82) is 0 Å². The van der Waals surface area contributed by atoms with Gasteiger partial charge in [0.1, 0.15) is 0 Å². The lowest BCUT2D eigenvalue weighted by atomic mass is 10.2. The van der Waals surface area contributed by atoms with Gasteiger partial charge in [-0.25, -0.2) is 4.21 Å². The molecule has 0 fully saturated rings. The predicted octanol–water partition coefficient (Wildman–Crippen LogP) is 2.79. The maximum atomic E-state index is 11.5. The van der Waals surface area contributed by atoms with E-state index in [0.717, 1.165) is 19.3 Å². The largest absolute Gasteiger partial charge is 0.326 e. The molecule has 1 unspecified atom stereocenters. The third-order valence-corrected chi connectivity index (χ3v) is 3.02. The molecule has 1 amide bonds. The first-order chi connectivity index (χ1) is 8.13. The highest BCUT2D eigenvalue weighted by molar-refractivity contribution is 7.79. The van der Waals surface area contributed by atoms with Crippen molar-refractivity contribution in [2.24, 2.45) is 0 Å². The van der Waals surface area contributed by atoms with Gasteiger partial charge in [-0.3, -0.25) is 4.79 Å². The topological polar surface area (TPSA) is 66.4 Å². The van der Waals surface area contributed by atoms with Crippen LogP contribution in [0.2, 0.25) is 0 Å². The molecule has 0 saturated heterocycles. The zero-order valence-corrected chi connectivity index (χ0v) is 10.6. The SMILES string of the molecule is CCCCCC(=O)Nc1ccc(S(=O)O)cc1. The van der Waals surface area contributed by atoms with Gasteiger partial charge in [0.25, 0.3) is 0 Å². The third-order valence-electron chi connectivity index (χ3n) is 2.35. The van der Waals surface area contributed by atoms with E-state index in [1.165, 1.54) is 12.1 Å². The van der Waals surface area contributed by atoms with Crippen LogP contribution in [0.15, 0.2) is 29.2 Å². The van der Waals surface area contributed by atoms with Gasteiger partial charge in [0.05, 0.1) is 4.90 Å². The van der Waals surface area contributed by atoms with Gasteiger partial charge in [-0.15, -0.1) is 0 Å². The lowest BCUT2D eigenvalue weighted by molar-refractivity contribution is -0.116. The number of anilines is 1. The number of carbonyl (C=O) groups is 1. The zero-order chi connectivity index (χ0) is 12.7. The first-order valence-corrected chi connectivity index (χ1v) is 6.75. The summed E-state index contributed by atoms with van der Waals surface area (Å²) in [5, 5.41) is 2.75. The molecule has 1 rings (SSSR count). The molecule has 1 atom stereocenters. The van der Waals surface area contributed by atoms with Crippen LogP contribution < -0.4 is 5.32 Å². The number of nitrogens with one attached hydrogen (secondary N) is 1. The molecule has 0 aliphatic rings. The van der Waals surface area contributed by atoms with Crippen LogP contribution in [0, 0.1) is 0 Å². The van der Waals surface area contributed by atoms with E-state index in [2.05, 4.69) is 12.2 Å². The van der Waals surface area contributed by atoms with Gasteiger partial charge in [-0.1, -0.05) is 19.8 Å². The Hall–Kier alpha value is -1.20. The van der Waals surface area contributed by atoms with Crippen LogP contribution in [0.25, 0.3) is 0 Å². The van der Waals surface area contributed by atoms with Gasteiger partial charge in [-0.2, -0.15) is 0 Å². The average molecular weight is 255 g/mol. The Kier molecular flexibility index (Phi) is 5.86.